The first-order valence-electron chi connectivity index (χ1n) is 7.05. The molecule has 0 aromatic carbocycles. The summed E-state index contributed by atoms with van der Waals surface area (Å²) < 4.78 is 0. The Labute approximate surface area is 110 Å². The summed E-state index contributed by atoms with van der Waals surface area (Å²) in [6.45, 7) is 7.18. The lowest BCUT2D eigenvalue weighted by Gasteiger charge is -2.21. The number of aryl methyl sites for hydroxylation is 1. The highest BCUT2D eigenvalue weighted by Gasteiger charge is 2.21. The van der Waals surface area contributed by atoms with E-state index in [2.05, 4.69) is 34.4 Å². The summed E-state index contributed by atoms with van der Waals surface area (Å²) in [6, 6.07) is 2.52. The minimum absolute atomic E-state index is 0.497. The molecule has 0 saturated heterocycles. The fourth-order valence-corrected chi connectivity index (χ4v) is 2.69. The van der Waals surface area contributed by atoms with Crippen molar-refractivity contribution in [1.29, 1.82) is 0 Å². The molecule has 2 N–H and O–H groups in total. The van der Waals surface area contributed by atoms with E-state index in [1.54, 1.807) is 0 Å². The third-order valence-electron chi connectivity index (χ3n) is 3.67. The first-order chi connectivity index (χ1) is 8.69. The Balaban J connectivity index is 2.03. The van der Waals surface area contributed by atoms with Crippen molar-refractivity contribution in [1.82, 2.24) is 9.97 Å². The summed E-state index contributed by atoms with van der Waals surface area (Å²) in [7, 11) is 0. The van der Waals surface area contributed by atoms with Gasteiger partial charge in [0.15, 0.2) is 0 Å². The van der Waals surface area contributed by atoms with Crippen LogP contribution in [0.3, 0.4) is 0 Å². The maximum absolute atomic E-state index is 4.50. The molecule has 100 valence electrons. The summed E-state index contributed by atoms with van der Waals surface area (Å²) in [6.07, 6.45) is 5.45. The van der Waals surface area contributed by atoms with Crippen LogP contribution in [-0.4, -0.2) is 22.6 Å². The number of hydrogen-bond acceptors (Lipinski definition) is 4. The Kier molecular flexibility index (Phi) is 4.39. The van der Waals surface area contributed by atoms with Crippen molar-refractivity contribution in [3.8, 4) is 0 Å². The maximum atomic E-state index is 4.50. The zero-order valence-electron chi connectivity index (χ0n) is 11.7. The minimum atomic E-state index is 0.497. The van der Waals surface area contributed by atoms with Crippen LogP contribution in [0.15, 0.2) is 6.07 Å². The third kappa shape index (κ3) is 3.34. The summed E-state index contributed by atoms with van der Waals surface area (Å²) in [5, 5.41) is 6.70. The lowest BCUT2D eigenvalue weighted by molar-refractivity contribution is 0.481. The largest absolute Gasteiger partial charge is 0.367 e. The summed E-state index contributed by atoms with van der Waals surface area (Å²) >= 11 is 0. The molecule has 1 aromatic heterocycles. The van der Waals surface area contributed by atoms with Crippen molar-refractivity contribution in [2.75, 3.05) is 17.2 Å². The van der Waals surface area contributed by atoms with Crippen LogP contribution in [-0.2, 0) is 0 Å². The Bertz CT molecular complexity index is 385. The fourth-order valence-electron chi connectivity index (χ4n) is 2.69. The highest BCUT2D eigenvalue weighted by Crippen LogP contribution is 2.29. The van der Waals surface area contributed by atoms with E-state index in [9.17, 15) is 0 Å². The maximum Gasteiger partial charge on any atom is 0.224 e. The quantitative estimate of drug-likeness (QED) is 0.840. The molecule has 1 heterocycles. The van der Waals surface area contributed by atoms with Crippen LogP contribution in [0.5, 0.6) is 0 Å². The lowest BCUT2D eigenvalue weighted by Crippen LogP contribution is -2.24. The second kappa shape index (κ2) is 6.03. The average molecular weight is 248 g/mol. The molecular weight excluding hydrogens is 224 g/mol. The van der Waals surface area contributed by atoms with E-state index in [1.807, 2.05) is 13.0 Å². The van der Waals surface area contributed by atoms with Crippen LogP contribution in [0, 0.1) is 12.8 Å². The van der Waals surface area contributed by atoms with Crippen molar-refractivity contribution < 1.29 is 0 Å². The van der Waals surface area contributed by atoms with Crippen LogP contribution in [0.25, 0.3) is 0 Å². The van der Waals surface area contributed by atoms with Crippen LogP contribution in [0.2, 0.25) is 0 Å². The number of nitrogens with zero attached hydrogens (tertiary/aromatic N) is 2. The zero-order chi connectivity index (χ0) is 13.0. The first kappa shape index (κ1) is 13.1. The SMILES string of the molecule is CCNc1nc(C)cc(NC(C)C2CCCC2)n1. The highest BCUT2D eigenvalue weighted by atomic mass is 15.1. The van der Waals surface area contributed by atoms with Crippen LogP contribution < -0.4 is 10.6 Å². The highest BCUT2D eigenvalue weighted by molar-refractivity contribution is 5.42. The van der Waals surface area contributed by atoms with Crippen molar-refractivity contribution in [3.05, 3.63) is 11.8 Å². The Morgan fingerprint density at radius 3 is 2.72 bits per heavy atom. The van der Waals surface area contributed by atoms with E-state index in [4.69, 9.17) is 0 Å². The molecule has 0 aliphatic heterocycles. The number of anilines is 2. The van der Waals surface area contributed by atoms with Gasteiger partial charge in [0, 0.05) is 24.3 Å². The van der Waals surface area contributed by atoms with E-state index in [0.717, 1.165) is 29.9 Å². The van der Waals surface area contributed by atoms with Crippen molar-refractivity contribution >= 4 is 11.8 Å². The molecule has 1 aromatic rings. The van der Waals surface area contributed by atoms with Gasteiger partial charge in [0.1, 0.15) is 5.82 Å². The molecule has 0 amide bonds. The Hall–Kier alpha value is -1.32. The predicted octanol–water partition coefficient (Wildman–Crippen LogP) is 3.21. The van der Waals surface area contributed by atoms with Gasteiger partial charge in [0.2, 0.25) is 5.95 Å². The van der Waals surface area contributed by atoms with E-state index in [0.29, 0.717) is 6.04 Å². The first-order valence-corrected chi connectivity index (χ1v) is 7.05. The van der Waals surface area contributed by atoms with Crippen molar-refractivity contribution in [2.45, 2.75) is 52.5 Å². The summed E-state index contributed by atoms with van der Waals surface area (Å²) in [5.41, 5.74) is 1.00. The standard InChI is InChI=1S/C14H24N4/c1-4-15-14-16-10(2)9-13(18-14)17-11(3)12-7-5-6-8-12/h9,11-12H,4-8H2,1-3H3,(H2,15,16,17,18). The molecule has 1 fully saturated rings. The number of aromatic nitrogens is 2. The van der Waals surface area contributed by atoms with E-state index in [1.165, 1.54) is 25.7 Å². The van der Waals surface area contributed by atoms with Gasteiger partial charge in [-0.2, -0.15) is 4.98 Å². The van der Waals surface area contributed by atoms with Gasteiger partial charge in [0.05, 0.1) is 0 Å². The van der Waals surface area contributed by atoms with Crippen molar-refractivity contribution in [3.63, 3.8) is 0 Å². The molecule has 0 radical (unpaired) electrons. The summed E-state index contributed by atoms with van der Waals surface area (Å²) in [5.74, 6) is 2.46. The van der Waals surface area contributed by atoms with Gasteiger partial charge in [-0.15, -0.1) is 0 Å². The fraction of sp³-hybridized carbons (Fsp3) is 0.714. The molecule has 1 saturated carbocycles. The molecule has 4 nitrogen and oxygen atoms in total. The van der Waals surface area contributed by atoms with Gasteiger partial charge in [-0.05, 0) is 39.5 Å². The molecule has 4 heteroatoms. The predicted molar refractivity (Wildman–Crippen MR) is 76.0 cm³/mol. The molecule has 2 rings (SSSR count). The van der Waals surface area contributed by atoms with E-state index >= 15 is 0 Å². The number of rotatable bonds is 5. The van der Waals surface area contributed by atoms with Gasteiger partial charge in [0.25, 0.3) is 0 Å². The number of hydrogen-bond donors (Lipinski definition) is 2. The molecular formula is C14H24N4. The van der Waals surface area contributed by atoms with Gasteiger partial charge in [-0.3, -0.25) is 0 Å². The smallest absolute Gasteiger partial charge is 0.224 e. The number of nitrogens with one attached hydrogen (secondary N) is 2. The second-order valence-electron chi connectivity index (χ2n) is 5.23. The zero-order valence-corrected chi connectivity index (χ0v) is 11.7. The van der Waals surface area contributed by atoms with E-state index < -0.39 is 0 Å². The molecule has 1 aliphatic rings. The average Bonchev–Trinajstić information content (AvgIpc) is 2.81. The molecule has 1 aliphatic carbocycles. The summed E-state index contributed by atoms with van der Waals surface area (Å²) in [4.78, 5) is 8.87. The molecule has 0 spiro atoms. The molecule has 1 atom stereocenters. The van der Waals surface area contributed by atoms with Crippen LogP contribution in [0.1, 0.15) is 45.2 Å². The molecule has 1 unspecified atom stereocenters. The monoisotopic (exact) mass is 248 g/mol. The second-order valence-corrected chi connectivity index (χ2v) is 5.23. The molecule has 0 bridgehead atoms. The van der Waals surface area contributed by atoms with E-state index in [-0.39, 0.29) is 0 Å². The Morgan fingerprint density at radius 2 is 2.06 bits per heavy atom. The third-order valence-corrected chi connectivity index (χ3v) is 3.67. The lowest BCUT2D eigenvalue weighted by atomic mass is 10.00. The van der Waals surface area contributed by atoms with Gasteiger partial charge in [-0.1, -0.05) is 12.8 Å². The minimum Gasteiger partial charge on any atom is -0.367 e. The van der Waals surface area contributed by atoms with Gasteiger partial charge < -0.3 is 10.6 Å². The van der Waals surface area contributed by atoms with Crippen molar-refractivity contribution in [2.24, 2.45) is 5.92 Å². The van der Waals surface area contributed by atoms with Crippen LogP contribution >= 0.6 is 0 Å². The normalized spacial score (nSPS) is 17.7. The van der Waals surface area contributed by atoms with Crippen LogP contribution in [0.4, 0.5) is 11.8 Å². The molecule has 18 heavy (non-hydrogen) atoms. The Morgan fingerprint density at radius 1 is 1.33 bits per heavy atom. The van der Waals surface area contributed by atoms with Gasteiger partial charge >= 0.3 is 0 Å². The topological polar surface area (TPSA) is 49.8 Å². The van der Waals surface area contributed by atoms with Gasteiger partial charge in [-0.25, -0.2) is 4.98 Å².